The van der Waals surface area contributed by atoms with E-state index in [-0.39, 0.29) is 0 Å². The Bertz CT molecular complexity index is 575. The third kappa shape index (κ3) is 7.72. The third-order valence-corrected chi connectivity index (χ3v) is 3.88. The molecule has 0 unspecified atom stereocenters. The lowest BCUT2D eigenvalue weighted by atomic mass is 10.2. The van der Waals surface area contributed by atoms with Gasteiger partial charge in [-0.25, -0.2) is 0 Å². The van der Waals surface area contributed by atoms with Crippen LogP contribution in [0, 0.1) is 0 Å². The molecule has 140 valence electrons. The summed E-state index contributed by atoms with van der Waals surface area (Å²) < 4.78 is 21.6. The number of hydrogen-bond acceptors (Lipinski definition) is 4. The summed E-state index contributed by atoms with van der Waals surface area (Å²) in [7, 11) is 3.34. The first kappa shape index (κ1) is 20.0. The van der Waals surface area contributed by atoms with E-state index in [9.17, 15) is 0 Å². The zero-order chi connectivity index (χ0) is 18.5. The first-order valence-electron chi connectivity index (χ1n) is 8.88. The molecule has 0 heterocycles. The van der Waals surface area contributed by atoms with Crippen LogP contribution < -0.4 is 9.47 Å². The van der Waals surface area contributed by atoms with E-state index >= 15 is 0 Å². The average molecular weight is 356 g/mol. The second-order valence-electron chi connectivity index (χ2n) is 5.85. The molecule has 0 aromatic heterocycles. The fourth-order valence-electron chi connectivity index (χ4n) is 2.36. The number of hydrogen-bond donors (Lipinski definition) is 0. The Balaban J connectivity index is 1.47. The Kier molecular flexibility index (Phi) is 9.33. The molecule has 0 saturated carbocycles. The predicted octanol–water partition coefficient (Wildman–Crippen LogP) is 4.77. The maximum atomic E-state index is 5.66. The van der Waals surface area contributed by atoms with Gasteiger partial charge in [0.05, 0.1) is 40.6 Å². The number of methoxy groups -OCH3 is 2. The lowest BCUT2D eigenvalue weighted by Crippen LogP contribution is -1.95. The molecule has 2 aromatic carbocycles. The van der Waals surface area contributed by atoms with Crippen LogP contribution in [0.2, 0.25) is 0 Å². The van der Waals surface area contributed by atoms with Crippen LogP contribution in [-0.4, -0.2) is 27.4 Å². The minimum Gasteiger partial charge on any atom is -0.497 e. The Labute approximate surface area is 156 Å². The first-order valence-corrected chi connectivity index (χ1v) is 8.88. The number of ether oxygens (including phenoxy) is 4. The van der Waals surface area contributed by atoms with Crippen LogP contribution in [0.15, 0.2) is 60.7 Å². The summed E-state index contributed by atoms with van der Waals surface area (Å²) in [6.07, 6.45) is 6.11. The minimum atomic E-state index is 0.628. The summed E-state index contributed by atoms with van der Waals surface area (Å²) in [6, 6.07) is 15.9. The van der Waals surface area contributed by atoms with Gasteiger partial charge in [0.25, 0.3) is 0 Å². The van der Waals surface area contributed by atoms with Crippen molar-refractivity contribution in [2.24, 2.45) is 0 Å². The molecule has 0 aliphatic carbocycles. The van der Waals surface area contributed by atoms with E-state index in [2.05, 4.69) is 12.2 Å². The largest absolute Gasteiger partial charge is 0.497 e. The SMILES string of the molecule is COc1ccc(COCC/C=C\CCOCc2ccc(OC)cc2)cc1. The van der Waals surface area contributed by atoms with Gasteiger partial charge in [-0.1, -0.05) is 36.4 Å². The highest BCUT2D eigenvalue weighted by molar-refractivity contribution is 5.27. The van der Waals surface area contributed by atoms with E-state index in [1.807, 2.05) is 48.5 Å². The molecule has 2 rings (SSSR count). The lowest BCUT2D eigenvalue weighted by Gasteiger charge is -2.05. The van der Waals surface area contributed by atoms with Crippen LogP contribution in [0.1, 0.15) is 24.0 Å². The summed E-state index contributed by atoms with van der Waals surface area (Å²) in [5.41, 5.74) is 2.31. The molecule has 0 aliphatic rings. The van der Waals surface area contributed by atoms with Crippen molar-refractivity contribution in [3.05, 3.63) is 71.8 Å². The van der Waals surface area contributed by atoms with E-state index in [1.54, 1.807) is 14.2 Å². The van der Waals surface area contributed by atoms with E-state index in [1.165, 1.54) is 0 Å². The van der Waals surface area contributed by atoms with Crippen molar-refractivity contribution in [1.29, 1.82) is 0 Å². The van der Waals surface area contributed by atoms with Gasteiger partial charge in [0.1, 0.15) is 11.5 Å². The van der Waals surface area contributed by atoms with Crippen LogP contribution in [0.5, 0.6) is 11.5 Å². The molecule has 0 N–H and O–H groups in total. The summed E-state index contributed by atoms with van der Waals surface area (Å²) >= 11 is 0. The average Bonchev–Trinajstić information content (AvgIpc) is 2.70. The summed E-state index contributed by atoms with van der Waals surface area (Å²) in [5, 5.41) is 0. The van der Waals surface area contributed by atoms with E-state index in [0.29, 0.717) is 13.2 Å². The van der Waals surface area contributed by atoms with Gasteiger partial charge < -0.3 is 18.9 Å². The molecule has 0 radical (unpaired) electrons. The van der Waals surface area contributed by atoms with Crippen LogP contribution >= 0.6 is 0 Å². The fourth-order valence-corrected chi connectivity index (χ4v) is 2.36. The summed E-state index contributed by atoms with van der Waals surface area (Å²) in [5.74, 6) is 1.73. The predicted molar refractivity (Wildman–Crippen MR) is 104 cm³/mol. The van der Waals surface area contributed by atoms with Crippen LogP contribution in [-0.2, 0) is 22.7 Å². The standard InChI is InChI=1S/C22H28O4/c1-23-21-11-7-19(8-12-21)17-25-15-5-3-4-6-16-26-18-20-9-13-22(24-2)14-10-20/h3-4,7-14H,5-6,15-18H2,1-2H3/b4-3-. The van der Waals surface area contributed by atoms with Crippen molar-refractivity contribution < 1.29 is 18.9 Å². The molecule has 0 saturated heterocycles. The highest BCUT2D eigenvalue weighted by atomic mass is 16.5. The monoisotopic (exact) mass is 356 g/mol. The summed E-state index contributed by atoms with van der Waals surface area (Å²) in [4.78, 5) is 0. The van der Waals surface area contributed by atoms with Gasteiger partial charge in [-0.15, -0.1) is 0 Å². The zero-order valence-electron chi connectivity index (χ0n) is 15.6. The van der Waals surface area contributed by atoms with Crippen molar-refractivity contribution in [3.63, 3.8) is 0 Å². The molecule has 0 aliphatic heterocycles. The molecule has 0 bridgehead atoms. The van der Waals surface area contributed by atoms with Gasteiger partial charge in [-0.05, 0) is 48.2 Å². The minimum absolute atomic E-state index is 0.628. The van der Waals surface area contributed by atoms with Gasteiger partial charge in [0, 0.05) is 0 Å². The van der Waals surface area contributed by atoms with Crippen LogP contribution in [0.3, 0.4) is 0 Å². The van der Waals surface area contributed by atoms with E-state index in [0.717, 1.165) is 48.7 Å². The highest BCUT2D eigenvalue weighted by Gasteiger charge is 1.95. The normalized spacial score (nSPS) is 11.0. The van der Waals surface area contributed by atoms with Crippen molar-refractivity contribution in [1.82, 2.24) is 0 Å². The van der Waals surface area contributed by atoms with E-state index < -0.39 is 0 Å². The highest BCUT2D eigenvalue weighted by Crippen LogP contribution is 2.13. The molecular weight excluding hydrogens is 328 g/mol. The van der Waals surface area contributed by atoms with Gasteiger partial charge >= 0.3 is 0 Å². The summed E-state index contributed by atoms with van der Waals surface area (Å²) in [6.45, 7) is 2.69. The van der Waals surface area contributed by atoms with Gasteiger partial charge in [0.2, 0.25) is 0 Å². The molecule has 4 heteroatoms. The van der Waals surface area contributed by atoms with Gasteiger partial charge in [-0.2, -0.15) is 0 Å². The molecule has 0 atom stereocenters. The Morgan fingerprint density at radius 1 is 0.615 bits per heavy atom. The third-order valence-electron chi connectivity index (χ3n) is 3.88. The zero-order valence-corrected chi connectivity index (χ0v) is 15.6. The Hall–Kier alpha value is -2.30. The molecule has 4 nitrogen and oxygen atoms in total. The second kappa shape index (κ2) is 12.1. The van der Waals surface area contributed by atoms with E-state index in [4.69, 9.17) is 18.9 Å². The van der Waals surface area contributed by atoms with Crippen LogP contribution in [0.4, 0.5) is 0 Å². The molecule has 26 heavy (non-hydrogen) atoms. The van der Waals surface area contributed by atoms with Crippen molar-refractivity contribution >= 4 is 0 Å². The topological polar surface area (TPSA) is 36.9 Å². The molecule has 0 amide bonds. The van der Waals surface area contributed by atoms with Crippen LogP contribution in [0.25, 0.3) is 0 Å². The number of benzene rings is 2. The van der Waals surface area contributed by atoms with Gasteiger partial charge in [-0.3, -0.25) is 0 Å². The molecular formula is C22H28O4. The Morgan fingerprint density at radius 3 is 1.35 bits per heavy atom. The molecule has 2 aromatic rings. The first-order chi connectivity index (χ1) is 12.8. The van der Waals surface area contributed by atoms with Crippen molar-refractivity contribution in [2.45, 2.75) is 26.1 Å². The fraction of sp³-hybridized carbons (Fsp3) is 0.364. The quantitative estimate of drug-likeness (QED) is 0.405. The smallest absolute Gasteiger partial charge is 0.118 e. The van der Waals surface area contributed by atoms with Gasteiger partial charge in [0.15, 0.2) is 0 Å². The lowest BCUT2D eigenvalue weighted by molar-refractivity contribution is 0.123. The Morgan fingerprint density at radius 2 is 1.00 bits per heavy atom. The maximum Gasteiger partial charge on any atom is 0.118 e. The second-order valence-corrected chi connectivity index (χ2v) is 5.85. The van der Waals surface area contributed by atoms with Crippen molar-refractivity contribution in [2.75, 3.05) is 27.4 Å². The molecule has 0 spiro atoms. The molecule has 0 fully saturated rings. The maximum absolute atomic E-state index is 5.66. The number of rotatable bonds is 12. The van der Waals surface area contributed by atoms with Crippen molar-refractivity contribution in [3.8, 4) is 11.5 Å².